The molecule has 2 aromatic carbocycles. The summed E-state index contributed by atoms with van der Waals surface area (Å²) < 4.78 is 25.8. The maximum absolute atomic E-state index is 12.0. The number of methoxy groups -OCH3 is 3. The Balaban J connectivity index is 2.14. The Morgan fingerprint density at radius 2 is 1.63 bits per heavy atom. The van der Waals surface area contributed by atoms with E-state index < -0.39 is 11.9 Å². The van der Waals surface area contributed by atoms with Crippen molar-refractivity contribution in [3.63, 3.8) is 0 Å². The normalized spacial score (nSPS) is 13.1. The minimum Gasteiger partial charge on any atom is -0.508 e. The molecule has 8 nitrogen and oxygen atoms in total. The van der Waals surface area contributed by atoms with Crippen LogP contribution in [0.25, 0.3) is 0 Å². The Bertz CT molecular complexity index is 836. The molecule has 0 fully saturated rings. The molecule has 0 saturated heterocycles. The Labute approximate surface area is 155 Å². The fourth-order valence-corrected chi connectivity index (χ4v) is 3.00. The lowest BCUT2D eigenvalue weighted by Crippen LogP contribution is -2.11. The molecule has 0 saturated carbocycles. The number of benzene rings is 2. The molecule has 0 spiro atoms. The van der Waals surface area contributed by atoms with Crippen LogP contribution in [0.5, 0.6) is 34.5 Å². The van der Waals surface area contributed by atoms with E-state index in [9.17, 15) is 15.0 Å². The molecule has 2 aromatic rings. The third-order valence-corrected chi connectivity index (χ3v) is 4.40. The van der Waals surface area contributed by atoms with E-state index in [0.29, 0.717) is 22.6 Å². The third kappa shape index (κ3) is 3.51. The monoisotopic (exact) mass is 376 g/mol. The summed E-state index contributed by atoms with van der Waals surface area (Å²) in [7, 11) is 4.11. The quantitative estimate of drug-likeness (QED) is 0.742. The average Bonchev–Trinajstić information content (AvgIpc) is 3.12. The van der Waals surface area contributed by atoms with E-state index in [4.69, 9.17) is 23.7 Å². The molecule has 0 radical (unpaired) electrons. The van der Waals surface area contributed by atoms with Gasteiger partial charge in [0.15, 0.2) is 23.0 Å². The van der Waals surface area contributed by atoms with Gasteiger partial charge in [0.2, 0.25) is 12.5 Å². The number of phenols is 2. The van der Waals surface area contributed by atoms with Crippen molar-refractivity contribution in [2.75, 3.05) is 28.1 Å². The number of ether oxygens (including phenoxy) is 5. The van der Waals surface area contributed by atoms with Gasteiger partial charge in [-0.1, -0.05) is 0 Å². The fourth-order valence-electron chi connectivity index (χ4n) is 3.00. The van der Waals surface area contributed by atoms with Gasteiger partial charge < -0.3 is 33.9 Å². The molecule has 1 heterocycles. The van der Waals surface area contributed by atoms with Gasteiger partial charge in [-0.15, -0.1) is 0 Å². The zero-order chi connectivity index (χ0) is 19.6. The molecular weight excluding hydrogens is 356 g/mol. The Morgan fingerprint density at radius 3 is 2.19 bits per heavy atom. The number of carbonyl (C=O) groups is 1. The lowest BCUT2D eigenvalue weighted by molar-refractivity contribution is -0.140. The average molecular weight is 376 g/mol. The van der Waals surface area contributed by atoms with Crippen molar-refractivity contribution in [3.05, 3.63) is 35.4 Å². The molecule has 8 heteroatoms. The second-order valence-electron chi connectivity index (χ2n) is 5.87. The van der Waals surface area contributed by atoms with Crippen LogP contribution in [-0.2, 0) is 9.53 Å². The largest absolute Gasteiger partial charge is 0.508 e. The van der Waals surface area contributed by atoms with Crippen molar-refractivity contribution in [3.8, 4) is 34.5 Å². The second kappa shape index (κ2) is 7.53. The number of fused-ring (bicyclic) bond motifs is 1. The smallest absolute Gasteiger partial charge is 0.306 e. The molecule has 0 bridgehead atoms. The Hall–Kier alpha value is -3.29. The second-order valence-corrected chi connectivity index (χ2v) is 5.87. The molecule has 0 aromatic heterocycles. The lowest BCUT2D eigenvalue weighted by atomic mass is 9.87. The van der Waals surface area contributed by atoms with Crippen LogP contribution in [0.3, 0.4) is 0 Å². The molecule has 0 aliphatic carbocycles. The first-order valence-corrected chi connectivity index (χ1v) is 8.12. The Kier molecular flexibility index (Phi) is 5.16. The van der Waals surface area contributed by atoms with Crippen LogP contribution in [0.1, 0.15) is 23.5 Å². The molecule has 0 amide bonds. The molecule has 1 atom stereocenters. The van der Waals surface area contributed by atoms with Crippen molar-refractivity contribution in [2.45, 2.75) is 12.3 Å². The van der Waals surface area contributed by atoms with E-state index >= 15 is 0 Å². The van der Waals surface area contributed by atoms with Gasteiger partial charge in [-0.3, -0.25) is 4.79 Å². The molecular formula is C19H20O8. The van der Waals surface area contributed by atoms with Gasteiger partial charge in [-0.2, -0.15) is 0 Å². The summed E-state index contributed by atoms with van der Waals surface area (Å²) >= 11 is 0. The highest BCUT2D eigenvalue weighted by molar-refractivity contribution is 5.72. The van der Waals surface area contributed by atoms with Crippen LogP contribution in [0.15, 0.2) is 24.3 Å². The predicted molar refractivity (Wildman–Crippen MR) is 93.9 cm³/mol. The highest BCUT2D eigenvalue weighted by Crippen LogP contribution is 2.46. The van der Waals surface area contributed by atoms with Crippen molar-refractivity contribution in [1.82, 2.24) is 0 Å². The SMILES string of the molecule is COC(=O)C[C@H](c1cc(OC)c(O)c(OC)c1)c1cc2c(cc1O)OCO2. The van der Waals surface area contributed by atoms with Gasteiger partial charge >= 0.3 is 5.97 Å². The number of esters is 1. The van der Waals surface area contributed by atoms with Gasteiger partial charge in [-0.25, -0.2) is 0 Å². The molecule has 3 rings (SSSR count). The number of aromatic hydroxyl groups is 2. The minimum atomic E-state index is -0.602. The number of phenolic OH excluding ortho intramolecular Hbond substituents is 2. The van der Waals surface area contributed by atoms with Gasteiger partial charge in [-0.05, 0) is 23.8 Å². The lowest BCUT2D eigenvalue weighted by Gasteiger charge is -2.20. The van der Waals surface area contributed by atoms with E-state index in [1.807, 2.05) is 0 Å². The summed E-state index contributed by atoms with van der Waals surface area (Å²) in [5.41, 5.74) is 1.03. The number of rotatable bonds is 6. The highest BCUT2D eigenvalue weighted by atomic mass is 16.7. The van der Waals surface area contributed by atoms with Crippen molar-refractivity contribution in [1.29, 1.82) is 0 Å². The standard InChI is InChI=1S/C19H20O8/c1-23-16-4-10(5-17(24-2)19(16)22)11(7-18(21)25-3)12-6-14-15(8-13(12)20)27-9-26-14/h4-6,8,11,20,22H,7,9H2,1-3H3/t11-/m1/s1. The summed E-state index contributed by atoms with van der Waals surface area (Å²) in [5.74, 6) is -0.0312. The van der Waals surface area contributed by atoms with E-state index in [-0.39, 0.29) is 36.2 Å². The molecule has 1 aliphatic rings. The van der Waals surface area contributed by atoms with Crippen LogP contribution in [-0.4, -0.2) is 44.3 Å². The van der Waals surface area contributed by atoms with Crippen LogP contribution in [0, 0.1) is 0 Å². The van der Waals surface area contributed by atoms with Gasteiger partial charge in [0.1, 0.15) is 5.75 Å². The van der Waals surface area contributed by atoms with E-state index in [2.05, 4.69) is 0 Å². The van der Waals surface area contributed by atoms with Gasteiger partial charge in [0, 0.05) is 17.5 Å². The van der Waals surface area contributed by atoms with E-state index in [1.165, 1.54) is 27.4 Å². The number of hydrogen-bond donors (Lipinski definition) is 2. The van der Waals surface area contributed by atoms with E-state index in [1.54, 1.807) is 18.2 Å². The zero-order valence-electron chi connectivity index (χ0n) is 15.1. The Morgan fingerprint density at radius 1 is 1.04 bits per heavy atom. The summed E-state index contributed by atoms with van der Waals surface area (Å²) in [4.78, 5) is 12.0. The van der Waals surface area contributed by atoms with Crippen molar-refractivity contribution >= 4 is 5.97 Å². The molecule has 0 unspecified atom stereocenters. The topological polar surface area (TPSA) is 104 Å². The molecule has 2 N–H and O–H groups in total. The van der Waals surface area contributed by atoms with Crippen molar-refractivity contribution < 1.29 is 38.7 Å². The highest BCUT2D eigenvalue weighted by Gasteiger charge is 2.27. The first-order chi connectivity index (χ1) is 13.0. The molecule has 27 heavy (non-hydrogen) atoms. The van der Waals surface area contributed by atoms with E-state index in [0.717, 1.165) is 0 Å². The summed E-state index contributed by atoms with van der Waals surface area (Å²) in [6.07, 6.45) is -0.0548. The first-order valence-electron chi connectivity index (χ1n) is 8.12. The number of carbonyl (C=O) groups excluding carboxylic acids is 1. The zero-order valence-corrected chi connectivity index (χ0v) is 15.1. The van der Waals surface area contributed by atoms with Crippen molar-refractivity contribution in [2.24, 2.45) is 0 Å². The maximum Gasteiger partial charge on any atom is 0.306 e. The van der Waals surface area contributed by atoms with Gasteiger partial charge in [0.05, 0.1) is 27.8 Å². The summed E-state index contributed by atoms with van der Waals surface area (Å²) in [5, 5.41) is 20.6. The summed E-state index contributed by atoms with van der Waals surface area (Å²) in [6.45, 7) is 0.0563. The van der Waals surface area contributed by atoms with Crippen LogP contribution in [0.2, 0.25) is 0 Å². The van der Waals surface area contributed by atoms with Crippen LogP contribution < -0.4 is 18.9 Å². The molecule has 1 aliphatic heterocycles. The van der Waals surface area contributed by atoms with Crippen LogP contribution >= 0.6 is 0 Å². The third-order valence-electron chi connectivity index (χ3n) is 4.40. The fraction of sp³-hybridized carbons (Fsp3) is 0.316. The van der Waals surface area contributed by atoms with Crippen LogP contribution in [0.4, 0.5) is 0 Å². The first kappa shape index (κ1) is 18.5. The minimum absolute atomic E-state index is 0.0548. The summed E-state index contributed by atoms with van der Waals surface area (Å²) in [6, 6.07) is 6.22. The predicted octanol–water partition coefficient (Wildman–Crippen LogP) is 2.54. The van der Waals surface area contributed by atoms with Gasteiger partial charge in [0.25, 0.3) is 0 Å². The maximum atomic E-state index is 12.0. The molecule has 144 valence electrons. The number of hydrogen-bond acceptors (Lipinski definition) is 8.